The summed E-state index contributed by atoms with van der Waals surface area (Å²) in [6, 6.07) is 0. The molecule has 1 unspecified atom stereocenters. The van der Waals surface area contributed by atoms with E-state index in [1.165, 1.54) is 12.5 Å². The Kier molecular flexibility index (Phi) is 7.97. The number of Topliss-reactive ketones (excluding diaryl/α,β-unsaturated/α-hetero) is 3. The van der Waals surface area contributed by atoms with Crippen LogP contribution in [0.25, 0.3) is 0 Å². The van der Waals surface area contributed by atoms with Crippen molar-refractivity contribution in [2.75, 3.05) is 0 Å². The quantitative estimate of drug-likeness (QED) is 0.301. The molecule has 0 amide bonds. The van der Waals surface area contributed by atoms with Gasteiger partial charge in [0.2, 0.25) is 5.78 Å². The minimum Gasteiger partial charge on any atom is -0.490 e. The van der Waals surface area contributed by atoms with Crippen LogP contribution < -0.4 is 0 Å². The fourth-order valence-corrected chi connectivity index (χ4v) is 4.47. The zero-order chi connectivity index (χ0) is 25.4. The number of ether oxygens (including phenoxy) is 1. The zero-order valence-corrected chi connectivity index (χ0v) is 21.4. The van der Waals surface area contributed by atoms with E-state index in [4.69, 9.17) is 4.74 Å². The van der Waals surface area contributed by atoms with Gasteiger partial charge in [-0.15, -0.1) is 0 Å². The molecule has 6 nitrogen and oxygen atoms in total. The maximum atomic E-state index is 13.6. The van der Waals surface area contributed by atoms with Crippen LogP contribution in [0, 0.1) is 11.3 Å². The predicted molar refractivity (Wildman–Crippen MR) is 127 cm³/mol. The molecule has 2 rings (SSSR count). The number of ketones is 3. The summed E-state index contributed by atoms with van der Waals surface area (Å²) >= 11 is 0. The van der Waals surface area contributed by atoms with Crippen LogP contribution in [0.2, 0.25) is 0 Å². The number of rotatable bonds is 9. The van der Waals surface area contributed by atoms with Gasteiger partial charge >= 0.3 is 0 Å². The number of carbonyl (C=O) groups is 3. The van der Waals surface area contributed by atoms with E-state index in [1.807, 2.05) is 33.8 Å². The third kappa shape index (κ3) is 5.22. The van der Waals surface area contributed by atoms with Crippen molar-refractivity contribution in [3.63, 3.8) is 0 Å². The molecule has 6 heteroatoms. The summed E-state index contributed by atoms with van der Waals surface area (Å²) in [6.45, 7) is 13.9. The number of hydrogen-bond acceptors (Lipinski definition) is 6. The maximum Gasteiger partial charge on any atom is 0.208 e. The fourth-order valence-electron chi connectivity index (χ4n) is 4.47. The lowest BCUT2D eigenvalue weighted by Gasteiger charge is -2.38. The van der Waals surface area contributed by atoms with Gasteiger partial charge in [0.25, 0.3) is 0 Å². The third-order valence-electron chi connectivity index (χ3n) is 6.99. The third-order valence-corrected chi connectivity index (χ3v) is 6.99. The molecule has 0 aromatic heterocycles. The molecule has 0 aromatic carbocycles. The van der Waals surface area contributed by atoms with Gasteiger partial charge in [0.1, 0.15) is 17.4 Å². The fraction of sp³-hybridized carbons (Fsp3) is 0.667. The molecular weight excluding hydrogens is 420 g/mol. The van der Waals surface area contributed by atoms with Gasteiger partial charge in [-0.25, -0.2) is 0 Å². The Labute approximate surface area is 197 Å². The minimum atomic E-state index is -2.33. The van der Waals surface area contributed by atoms with E-state index in [9.17, 15) is 24.6 Å². The molecular formula is C27H40O6. The predicted octanol–water partition coefficient (Wildman–Crippen LogP) is 4.39. The first-order valence-corrected chi connectivity index (χ1v) is 11.9. The van der Waals surface area contributed by atoms with Crippen molar-refractivity contribution in [1.29, 1.82) is 0 Å². The van der Waals surface area contributed by atoms with Crippen LogP contribution in [0.15, 0.2) is 34.6 Å². The van der Waals surface area contributed by atoms with E-state index >= 15 is 0 Å². The molecule has 1 heterocycles. The Morgan fingerprint density at radius 2 is 1.85 bits per heavy atom. The van der Waals surface area contributed by atoms with Crippen molar-refractivity contribution in [2.45, 2.75) is 105 Å². The van der Waals surface area contributed by atoms with Crippen molar-refractivity contribution in [3.05, 3.63) is 34.6 Å². The first-order valence-electron chi connectivity index (χ1n) is 11.9. The molecule has 0 saturated carbocycles. The normalized spacial score (nSPS) is 29.0. The summed E-state index contributed by atoms with van der Waals surface area (Å²) in [5.74, 6) is -2.46. The molecule has 2 aliphatic rings. The SMILES string of the molecule is CCC(C)C(=O)C1=C2O[C@H](C(C)(C)O)C[C@]2(C/C=C(\C)CCC=C(C)C)C(=O)[C@](C)(O)C1=O. The van der Waals surface area contributed by atoms with E-state index in [0.717, 1.165) is 18.4 Å². The van der Waals surface area contributed by atoms with Crippen LogP contribution >= 0.6 is 0 Å². The second kappa shape index (κ2) is 9.67. The van der Waals surface area contributed by atoms with E-state index < -0.39 is 46.0 Å². The minimum absolute atomic E-state index is 0.0230. The topological polar surface area (TPSA) is 101 Å². The highest BCUT2D eigenvalue weighted by Gasteiger charge is 2.65. The molecule has 1 saturated heterocycles. The van der Waals surface area contributed by atoms with Gasteiger partial charge in [0, 0.05) is 12.3 Å². The van der Waals surface area contributed by atoms with Gasteiger partial charge in [0.05, 0.1) is 11.0 Å². The lowest BCUT2D eigenvalue weighted by Crippen LogP contribution is -2.57. The summed E-state index contributed by atoms with van der Waals surface area (Å²) in [5, 5.41) is 21.7. The first-order chi connectivity index (χ1) is 15.1. The summed E-state index contributed by atoms with van der Waals surface area (Å²) in [7, 11) is 0. The van der Waals surface area contributed by atoms with Gasteiger partial charge < -0.3 is 14.9 Å². The average molecular weight is 461 g/mol. The molecule has 1 aliphatic carbocycles. The highest BCUT2D eigenvalue weighted by molar-refractivity contribution is 6.33. The molecule has 0 aromatic rings. The van der Waals surface area contributed by atoms with Crippen molar-refractivity contribution < 1.29 is 29.3 Å². The van der Waals surface area contributed by atoms with Crippen molar-refractivity contribution in [1.82, 2.24) is 0 Å². The van der Waals surface area contributed by atoms with Crippen molar-refractivity contribution >= 4 is 17.3 Å². The maximum absolute atomic E-state index is 13.6. The number of hydrogen-bond donors (Lipinski definition) is 2. The summed E-state index contributed by atoms with van der Waals surface area (Å²) in [5.41, 5.74) is -2.95. The van der Waals surface area contributed by atoms with Crippen molar-refractivity contribution in [2.24, 2.45) is 11.3 Å². The largest absolute Gasteiger partial charge is 0.490 e. The van der Waals surface area contributed by atoms with Crippen LogP contribution in [0.1, 0.15) is 87.5 Å². The van der Waals surface area contributed by atoms with Gasteiger partial charge in [-0.05, 0) is 67.2 Å². The molecule has 184 valence electrons. The first kappa shape index (κ1) is 27.2. The molecule has 4 atom stereocenters. The second-order valence-electron chi connectivity index (χ2n) is 10.7. The summed E-state index contributed by atoms with van der Waals surface area (Å²) in [6.07, 6.45) is 5.73. The molecule has 0 bridgehead atoms. The molecule has 0 radical (unpaired) electrons. The van der Waals surface area contributed by atoms with E-state index in [-0.39, 0.29) is 24.2 Å². The van der Waals surface area contributed by atoms with Crippen LogP contribution in [0.5, 0.6) is 0 Å². The van der Waals surface area contributed by atoms with Crippen LogP contribution in [-0.4, -0.2) is 44.9 Å². The van der Waals surface area contributed by atoms with Gasteiger partial charge in [-0.1, -0.05) is 37.1 Å². The number of carbonyl (C=O) groups excluding carboxylic acids is 3. The number of fused-ring (bicyclic) bond motifs is 1. The summed E-state index contributed by atoms with van der Waals surface area (Å²) < 4.78 is 6.06. The highest BCUT2D eigenvalue weighted by Crippen LogP contribution is 2.54. The Morgan fingerprint density at radius 1 is 1.24 bits per heavy atom. The number of allylic oxidation sites excluding steroid dienone is 5. The van der Waals surface area contributed by atoms with E-state index in [2.05, 4.69) is 6.08 Å². The van der Waals surface area contributed by atoms with E-state index in [1.54, 1.807) is 20.8 Å². The molecule has 2 N–H and O–H groups in total. The van der Waals surface area contributed by atoms with Gasteiger partial charge in [-0.3, -0.25) is 14.4 Å². The second-order valence-corrected chi connectivity index (χ2v) is 10.7. The Balaban J connectivity index is 2.66. The monoisotopic (exact) mass is 460 g/mol. The smallest absolute Gasteiger partial charge is 0.208 e. The van der Waals surface area contributed by atoms with Crippen molar-refractivity contribution in [3.8, 4) is 0 Å². The lowest BCUT2D eigenvalue weighted by atomic mass is 9.62. The highest BCUT2D eigenvalue weighted by atomic mass is 16.5. The van der Waals surface area contributed by atoms with Gasteiger partial charge in [0.15, 0.2) is 17.2 Å². The van der Waals surface area contributed by atoms with Crippen LogP contribution in [0.3, 0.4) is 0 Å². The molecule has 1 aliphatic heterocycles. The standard InChI is InChI=1S/C27H40O6/c1-9-18(5)21(28)20-22(29)26(8,32)24(30)27(14-13-17(4)12-10-11-16(2)3)15-19(25(6,7)31)33-23(20)27/h11,13,18-19,31-32H,9-10,12,14-15H2,1-8H3/b17-13+/t18?,19-,26+,27-/m0/s1. The Hall–Kier alpha value is -2.05. The lowest BCUT2D eigenvalue weighted by molar-refractivity contribution is -0.155. The van der Waals surface area contributed by atoms with Gasteiger partial charge in [-0.2, -0.15) is 0 Å². The van der Waals surface area contributed by atoms with Crippen LogP contribution in [-0.2, 0) is 19.1 Å². The Morgan fingerprint density at radius 3 is 2.36 bits per heavy atom. The Bertz CT molecular complexity index is 907. The zero-order valence-electron chi connectivity index (χ0n) is 21.4. The number of aliphatic hydroxyl groups is 2. The molecule has 0 spiro atoms. The molecule has 1 fully saturated rings. The van der Waals surface area contributed by atoms with Crippen LogP contribution in [0.4, 0.5) is 0 Å². The average Bonchev–Trinajstić information content (AvgIpc) is 3.11. The molecule has 33 heavy (non-hydrogen) atoms. The van der Waals surface area contributed by atoms with E-state index in [0.29, 0.717) is 6.42 Å². The summed E-state index contributed by atoms with van der Waals surface area (Å²) in [4.78, 5) is 40.1.